The lowest BCUT2D eigenvalue weighted by molar-refractivity contribution is -0.115. The molecule has 7 heteroatoms. The number of hydrogen-bond acceptors (Lipinski definition) is 6. The molecule has 96 valence electrons. The zero-order valence-corrected chi connectivity index (χ0v) is 10.0. The van der Waals surface area contributed by atoms with Gasteiger partial charge in [-0.1, -0.05) is 0 Å². The molecule has 1 aromatic carbocycles. The summed E-state index contributed by atoms with van der Waals surface area (Å²) in [7, 11) is 0. The van der Waals surface area contributed by atoms with Gasteiger partial charge in [0, 0.05) is 12.6 Å². The number of nitrogens with one attached hydrogen (secondary N) is 1. The number of carbonyl (C=O) groups is 1. The number of carbonyl (C=O) groups excluding carboxylic acids is 1. The molecule has 2 aromatic rings. The molecule has 1 aromatic heterocycles. The number of nitriles is 1. The smallest absolute Gasteiger partial charge is 0.251 e. The van der Waals surface area contributed by atoms with Gasteiger partial charge in [-0.25, -0.2) is 0 Å². The maximum absolute atomic E-state index is 11.3. The summed E-state index contributed by atoms with van der Waals surface area (Å²) in [5.74, 6) is 0.0579. The van der Waals surface area contributed by atoms with Crippen LogP contribution in [0, 0.1) is 18.3 Å². The maximum Gasteiger partial charge on any atom is 0.251 e. The van der Waals surface area contributed by atoms with Crippen molar-refractivity contribution < 1.29 is 14.3 Å². The number of phenols is 1. The van der Waals surface area contributed by atoms with E-state index in [9.17, 15) is 9.90 Å². The molecule has 1 heterocycles. The van der Waals surface area contributed by atoms with Crippen molar-refractivity contribution in [2.24, 2.45) is 0 Å². The summed E-state index contributed by atoms with van der Waals surface area (Å²) in [5, 5.41) is 28.1. The van der Waals surface area contributed by atoms with Gasteiger partial charge in [0.05, 0.1) is 11.6 Å². The molecule has 0 saturated heterocycles. The highest BCUT2D eigenvalue weighted by molar-refractivity contribution is 5.92. The lowest BCUT2D eigenvalue weighted by Gasteiger charge is -2.05. The zero-order chi connectivity index (χ0) is 13.8. The number of anilines is 1. The standard InChI is InChI=1S/C12H10N4O3/c1-7-15-16-12(19-7)9-6-8(2-3-10(9)17)14-11(18)4-5-13/h2-3,6,17H,4H2,1H3,(H,14,18). The highest BCUT2D eigenvalue weighted by Crippen LogP contribution is 2.30. The summed E-state index contributed by atoms with van der Waals surface area (Å²) < 4.78 is 5.21. The van der Waals surface area contributed by atoms with E-state index in [1.165, 1.54) is 18.2 Å². The van der Waals surface area contributed by atoms with E-state index >= 15 is 0 Å². The Bertz CT molecular complexity index is 657. The van der Waals surface area contributed by atoms with Gasteiger partial charge in [0.2, 0.25) is 11.8 Å². The maximum atomic E-state index is 11.3. The molecule has 0 atom stereocenters. The number of aromatic nitrogens is 2. The molecule has 1 amide bonds. The van der Waals surface area contributed by atoms with Crippen molar-refractivity contribution in [1.29, 1.82) is 5.26 Å². The predicted octanol–water partition coefficient (Wildman–Crippen LogP) is 1.60. The van der Waals surface area contributed by atoms with E-state index in [-0.39, 0.29) is 18.1 Å². The van der Waals surface area contributed by atoms with Gasteiger partial charge in [-0.15, -0.1) is 10.2 Å². The van der Waals surface area contributed by atoms with Crippen molar-refractivity contribution in [2.45, 2.75) is 13.3 Å². The molecule has 0 aliphatic carbocycles. The predicted molar refractivity (Wildman–Crippen MR) is 65.0 cm³/mol. The number of amides is 1. The molecule has 0 aliphatic rings. The minimum atomic E-state index is -0.430. The van der Waals surface area contributed by atoms with Crippen LogP contribution in [-0.4, -0.2) is 21.2 Å². The first-order chi connectivity index (χ1) is 9.10. The second kappa shape index (κ2) is 5.18. The van der Waals surface area contributed by atoms with Crippen molar-refractivity contribution in [2.75, 3.05) is 5.32 Å². The number of nitrogens with zero attached hydrogens (tertiary/aromatic N) is 3. The Morgan fingerprint density at radius 2 is 2.32 bits per heavy atom. The summed E-state index contributed by atoms with van der Waals surface area (Å²) in [5.41, 5.74) is 0.749. The fraction of sp³-hybridized carbons (Fsp3) is 0.167. The van der Waals surface area contributed by atoms with Gasteiger partial charge in [0.25, 0.3) is 5.89 Å². The quantitative estimate of drug-likeness (QED) is 0.808. The molecule has 7 nitrogen and oxygen atoms in total. The van der Waals surface area contributed by atoms with E-state index in [1.54, 1.807) is 13.0 Å². The molecular formula is C12H10N4O3. The van der Waals surface area contributed by atoms with E-state index in [1.807, 2.05) is 0 Å². The second-order valence-electron chi connectivity index (χ2n) is 3.74. The van der Waals surface area contributed by atoms with Crippen LogP contribution in [0.1, 0.15) is 12.3 Å². The summed E-state index contributed by atoms with van der Waals surface area (Å²) in [6, 6.07) is 6.15. The van der Waals surface area contributed by atoms with Crippen molar-refractivity contribution >= 4 is 11.6 Å². The number of hydrogen-bond donors (Lipinski definition) is 2. The first-order valence-corrected chi connectivity index (χ1v) is 5.40. The van der Waals surface area contributed by atoms with Crippen molar-refractivity contribution in [3.63, 3.8) is 0 Å². The molecule has 0 saturated carbocycles. The first-order valence-electron chi connectivity index (χ1n) is 5.40. The summed E-state index contributed by atoms with van der Waals surface area (Å²) in [4.78, 5) is 11.3. The Morgan fingerprint density at radius 3 is 2.95 bits per heavy atom. The van der Waals surface area contributed by atoms with E-state index in [4.69, 9.17) is 9.68 Å². The Balaban J connectivity index is 2.30. The third-order valence-corrected chi connectivity index (χ3v) is 2.28. The molecule has 2 rings (SSSR count). The van der Waals surface area contributed by atoms with Crippen LogP contribution in [-0.2, 0) is 4.79 Å². The summed E-state index contributed by atoms with van der Waals surface area (Å²) in [6.45, 7) is 1.63. The molecule has 2 N–H and O–H groups in total. The number of phenolic OH excluding ortho intramolecular Hbond substituents is 1. The molecule has 0 spiro atoms. The van der Waals surface area contributed by atoms with Crippen LogP contribution in [0.5, 0.6) is 5.75 Å². The van der Waals surface area contributed by atoms with Crippen molar-refractivity contribution in [3.8, 4) is 23.3 Å². The largest absolute Gasteiger partial charge is 0.507 e. The molecule has 0 bridgehead atoms. The molecular weight excluding hydrogens is 248 g/mol. The number of benzene rings is 1. The minimum absolute atomic E-state index is 0.0399. The lowest BCUT2D eigenvalue weighted by atomic mass is 10.1. The van der Waals surface area contributed by atoms with Crippen LogP contribution in [0.3, 0.4) is 0 Å². The second-order valence-corrected chi connectivity index (χ2v) is 3.74. The van der Waals surface area contributed by atoms with E-state index in [0.29, 0.717) is 17.1 Å². The Labute approximate surface area is 108 Å². The van der Waals surface area contributed by atoms with Gasteiger partial charge in [-0.2, -0.15) is 5.26 Å². The number of rotatable bonds is 3. The molecule has 0 aliphatic heterocycles. The Morgan fingerprint density at radius 1 is 1.53 bits per heavy atom. The molecule has 19 heavy (non-hydrogen) atoms. The topological polar surface area (TPSA) is 112 Å². The first kappa shape index (κ1) is 12.6. The van der Waals surface area contributed by atoms with Crippen LogP contribution >= 0.6 is 0 Å². The molecule has 0 fully saturated rings. The van der Waals surface area contributed by atoms with Crippen LogP contribution in [0.15, 0.2) is 22.6 Å². The van der Waals surface area contributed by atoms with E-state index in [2.05, 4.69) is 15.5 Å². The van der Waals surface area contributed by atoms with Gasteiger partial charge >= 0.3 is 0 Å². The Hall–Kier alpha value is -2.88. The van der Waals surface area contributed by atoms with Crippen molar-refractivity contribution in [3.05, 3.63) is 24.1 Å². The number of aryl methyl sites for hydroxylation is 1. The zero-order valence-electron chi connectivity index (χ0n) is 10.0. The summed E-state index contributed by atoms with van der Waals surface area (Å²) in [6.07, 6.45) is -0.240. The van der Waals surface area contributed by atoms with Crippen molar-refractivity contribution in [1.82, 2.24) is 10.2 Å². The van der Waals surface area contributed by atoms with Gasteiger partial charge in [-0.05, 0) is 18.2 Å². The summed E-state index contributed by atoms with van der Waals surface area (Å²) >= 11 is 0. The van der Waals surface area contributed by atoms with Crippen LogP contribution in [0.25, 0.3) is 11.5 Å². The number of aromatic hydroxyl groups is 1. The molecule has 0 unspecified atom stereocenters. The van der Waals surface area contributed by atoms with Crippen LogP contribution in [0.2, 0.25) is 0 Å². The normalized spacial score (nSPS) is 9.89. The highest BCUT2D eigenvalue weighted by atomic mass is 16.4. The third-order valence-electron chi connectivity index (χ3n) is 2.28. The minimum Gasteiger partial charge on any atom is -0.507 e. The van der Waals surface area contributed by atoms with E-state index in [0.717, 1.165) is 0 Å². The van der Waals surface area contributed by atoms with Gasteiger partial charge in [0.15, 0.2) is 0 Å². The fourth-order valence-corrected chi connectivity index (χ4v) is 1.47. The van der Waals surface area contributed by atoms with Gasteiger partial charge in [-0.3, -0.25) is 4.79 Å². The van der Waals surface area contributed by atoms with E-state index < -0.39 is 5.91 Å². The van der Waals surface area contributed by atoms with Crippen LogP contribution < -0.4 is 5.32 Å². The fourth-order valence-electron chi connectivity index (χ4n) is 1.47. The van der Waals surface area contributed by atoms with Gasteiger partial charge in [0.1, 0.15) is 12.2 Å². The van der Waals surface area contributed by atoms with Crippen LogP contribution in [0.4, 0.5) is 5.69 Å². The lowest BCUT2D eigenvalue weighted by Crippen LogP contribution is -2.09. The average Bonchev–Trinajstić information content (AvgIpc) is 2.78. The third kappa shape index (κ3) is 2.87. The SMILES string of the molecule is Cc1nnc(-c2cc(NC(=O)CC#N)ccc2O)o1. The molecule has 0 radical (unpaired) electrons. The highest BCUT2D eigenvalue weighted by Gasteiger charge is 2.12. The van der Waals surface area contributed by atoms with Gasteiger partial charge < -0.3 is 14.8 Å². The average molecular weight is 258 g/mol. The Kier molecular flexibility index (Phi) is 3.43. The monoisotopic (exact) mass is 258 g/mol.